The Kier molecular flexibility index (Phi) is 5.73. The second-order valence-electron chi connectivity index (χ2n) is 6.21. The molecule has 0 aliphatic heterocycles. The van der Waals surface area contributed by atoms with Crippen LogP contribution in [-0.2, 0) is 13.1 Å². The topological polar surface area (TPSA) is 38.5 Å². The summed E-state index contributed by atoms with van der Waals surface area (Å²) in [6.45, 7) is 4.05. The van der Waals surface area contributed by atoms with E-state index in [4.69, 9.17) is 15.6 Å². The first-order chi connectivity index (χ1) is 12.7. The normalized spacial score (nSPS) is 10.7. The molecular formula is C22H22N2O2. The number of aromatic nitrogens is 1. The highest BCUT2D eigenvalue weighted by molar-refractivity contribution is 5.54. The molecule has 0 spiro atoms. The smallest absolute Gasteiger partial charge is 0.226 e. The van der Waals surface area contributed by atoms with Gasteiger partial charge in [-0.05, 0) is 36.8 Å². The van der Waals surface area contributed by atoms with Crippen LogP contribution in [0.2, 0.25) is 0 Å². The van der Waals surface area contributed by atoms with Crippen LogP contribution in [0.1, 0.15) is 16.8 Å². The van der Waals surface area contributed by atoms with E-state index in [0.717, 1.165) is 23.6 Å². The summed E-state index contributed by atoms with van der Waals surface area (Å²) in [4.78, 5) is 6.76. The lowest BCUT2D eigenvalue weighted by molar-refractivity contribution is 0.287. The zero-order chi connectivity index (χ0) is 18.4. The molecule has 4 heteroatoms. The molecule has 0 aliphatic rings. The fourth-order valence-electron chi connectivity index (χ4n) is 2.72. The Morgan fingerprint density at radius 3 is 2.46 bits per heavy atom. The van der Waals surface area contributed by atoms with Crippen LogP contribution in [0.4, 0.5) is 0 Å². The van der Waals surface area contributed by atoms with Crippen LogP contribution >= 0.6 is 0 Å². The van der Waals surface area contributed by atoms with Crippen LogP contribution in [0.5, 0.6) is 5.75 Å². The molecule has 3 aromatic rings. The van der Waals surface area contributed by atoms with Gasteiger partial charge in [0, 0.05) is 18.7 Å². The van der Waals surface area contributed by atoms with Crippen LogP contribution in [0.3, 0.4) is 0 Å². The second kappa shape index (κ2) is 8.37. The average molecular weight is 346 g/mol. The van der Waals surface area contributed by atoms with E-state index < -0.39 is 0 Å². The summed E-state index contributed by atoms with van der Waals surface area (Å²) in [5.41, 5.74) is 4.25. The number of oxazole rings is 1. The van der Waals surface area contributed by atoms with Gasteiger partial charge < -0.3 is 9.15 Å². The van der Waals surface area contributed by atoms with Crippen LogP contribution in [0.15, 0.2) is 59.2 Å². The van der Waals surface area contributed by atoms with Gasteiger partial charge in [0.05, 0.1) is 19.3 Å². The van der Waals surface area contributed by atoms with E-state index in [-0.39, 0.29) is 0 Å². The van der Waals surface area contributed by atoms with Crippen molar-refractivity contribution in [2.24, 2.45) is 0 Å². The molecule has 0 amide bonds. The molecule has 2 aromatic carbocycles. The number of ether oxygens (including phenoxy) is 1. The molecule has 4 nitrogen and oxygen atoms in total. The molecule has 0 fully saturated rings. The summed E-state index contributed by atoms with van der Waals surface area (Å²) >= 11 is 0. The van der Waals surface area contributed by atoms with Crippen molar-refractivity contribution in [1.29, 1.82) is 0 Å². The van der Waals surface area contributed by atoms with Gasteiger partial charge in [-0.2, -0.15) is 0 Å². The van der Waals surface area contributed by atoms with Crippen molar-refractivity contribution >= 4 is 0 Å². The molecule has 1 aromatic heterocycles. The molecule has 3 rings (SSSR count). The molecule has 132 valence electrons. The number of benzene rings is 2. The molecule has 0 saturated heterocycles. The summed E-state index contributed by atoms with van der Waals surface area (Å²) in [7, 11) is 1.65. The summed E-state index contributed by atoms with van der Waals surface area (Å²) < 4.78 is 10.8. The summed E-state index contributed by atoms with van der Waals surface area (Å²) in [6.07, 6.45) is 7.23. The highest BCUT2D eigenvalue weighted by atomic mass is 16.5. The number of terminal acetylenes is 1. The SMILES string of the molecule is C#CCN(Cc1ccc(C)cc1)Cc1coc(-c2ccc(OC)cc2)n1. The summed E-state index contributed by atoms with van der Waals surface area (Å²) in [5, 5.41) is 0. The lowest BCUT2D eigenvalue weighted by Crippen LogP contribution is -2.23. The Balaban J connectivity index is 1.70. The maximum atomic E-state index is 5.64. The predicted molar refractivity (Wildman–Crippen MR) is 103 cm³/mol. The average Bonchev–Trinajstić information content (AvgIpc) is 3.12. The second-order valence-corrected chi connectivity index (χ2v) is 6.21. The van der Waals surface area contributed by atoms with Crippen molar-refractivity contribution < 1.29 is 9.15 Å². The molecule has 1 heterocycles. The van der Waals surface area contributed by atoms with Crippen LogP contribution in [0, 0.1) is 19.3 Å². The zero-order valence-electron chi connectivity index (χ0n) is 15.1. The van der Waals surface area contributed by atoms with Crippen LogP contribution in [0.25, 0.3) is 11.5 Å². The molecule has 0 atom stereocenters. The van der Waals surface area contributed by atoms with Gasteiger partial charge in [0.1, 0.15) is 12.0 Å². The Bertz CT molecular complexity index is 874. The zero-order valence-corrected chi connectivity index (χ0v) is 15.1. The van der Waals surface area contributed by atoms with Gasteiger partial charge in [-0.3, -0.25) is 4.90 Å². The third kappa shape index (κ3) is 4.53. The number of hydrogen-bond acceptors (Lipinski definition) is 4. The van der Waals surface area contributed by atoms with E-state index >= 15 is 0 Å². The first-order valence-corrected chi connectivity index (χ1v) is 8.48. The number of hydrogen-bond donors (Lipinski definition) is 0. The minimum absolute atomic E-state index is 0.554. The van der Waals surface area contributed by atoms with Gasteiger partial charge in [0.25, 0.3) is 0 Å². The van der Waals surface area contributed by atoms with Gasteiger partial charge in [-0.15, -0.1) is 6.42 Å². The van der Waals surface area contributed by atoms with Crippen LogP contribution in [-0.4, -0.2) is 23.5 Å². The maximum Gasteiger partial charge on any atom is 0.226 e. The molecule has 0 radical (unpaired) electrons. The fourth-order valence-corrected chi connectivity index (χ4v) is 2.72. The van der Waals surface area contributed by atoms with Crippen molar-refractivity contribution in [3.05, 3.63) is 71.6 Å². The molecule has 26 heavy (non-hydrogen) atoms. The van der Waals surface area contributed by atoms with E-state index in [1.165, 1.54) is 11.1 Å². The monoisotopic (exact) mass is 346 g/mol. The molecule has 0 unspecified atom stereocenters. The summed E-state index contributed by atoms with van der Waals surface area (Å²) in [6, 6.07) is 16.1. The van der Waals surface area contributed by atoms with Gasteiger partial charge >= 0.3 is 0 Å². The quantitative estimate of drug-likeness (QED) is 0.598. The first kappa shape index (κ1) is 17.8. The molecule has 0 N–H and O–H groups in total. The first-order valence-electron chi connectivity index (χ1n) is 8.48. The van der Waals surface area contributed by atoms with Gasteiger partial charge in [0.15, 0.2) is 0 Å². The van der Waals surface area contributed by atoms with Gasteiger partial charge in [-0.25, -0.2) is 4.98 Å². The van der Waals surface area contributed by atoms with E-state index in [0.29, 0.717) is 19.0 Å². The van der Waals surface area contributed by atoms with Gasteiger partial charge in [-0.1, -0.05) is 35.7 Å². The van der Waals surface area contributed by atoms with Crippen molar-refractivity contribution in [3.63, 3.8) is 0 Å². The van der Waals surface area contributed by atoms with Crippen molar-refractivity contribution in [2.45, 2.75) is 20.0 Å². The maximum absolute atomic E-state index is 5.64. The Labute approximate surface area is 154 Å². The standard InChI is InChI=1S/C22H22N2O2/c1-4-13-24(14-18-7-5-17(2)6-8-18)15-20-16-26-22(23-20)19-9-11-21(25-3)12-10-19/h1,5-12,16H,13-15H2,2-3H3. The van der Waals surface area contributed by atoms with E-state index in [1.54, 1.807) is 13.4 Å². The molecule has 0 saturated carbocycles. The number of nitrogens with zero attached hydrogens (tertiary/aromatic N) is 2. The lowest BCUT2D eigenvalue weighted by Gasteiger charge is -2.18. The highest BCUT2D eigenvalue weighted by Crippen LogP contribution is 2.22. The Morgan fingerprint density at radius 1 is 1.08 bits per heavy atom. The highest BCUT2D eigenvalue weighted by Gasteiger charge is 2.11. The minimum atomic E-state index is 0.554. The summed E-state index contributed by atoms with van der Waals surface area (Å²) in [5.74, 6) is 4.12. The van der Waals surface area contributed by atoms with Crippen molar-refractivity contribution in [1.82, 2.24) is 9.88 Å². The number of aryl methyl sites for hydroxylation is 1. The number of rotatable bonds is 7. The minimum Gasteiger partial charge on any atom is -0.497 e. The molecule has 0 aliphatic carbocycles. The van der Waals surface area contributed by atoms with Gasteiger partial charge in [0.2, 0.25) is 5.89 Å². The van der Waals surface area contributed by atoms with E-state index in [1.807, 2.05) is 24.3 Å². The largest absolute Gasteiger partial charge is 0.497 e. The molecule has 0 bridgehead atoms. The van der Waals surface area contributed by atoms with E-state index in [2.05, 4.69) is 47.0 Å². The van der Waals surface area contributed by atoms with E-state index in [9.17, 15) is 0 Å². The third-order valence-electron chi connectivity index (χ3n) is 4.12. The third-order valence-corrected chi connectivity index (χ3v) is 4.12. The van der Waals surface area contributed by atoms with Crippen molar-refractivity contribution in [2.75, 3.05) is 13.7 Å². The lowest BCUT2D eigenvalue weighted by atomic mass is 10.1. The predicted octanol–water partition coefficient (Wildman–Crippen LogP) is 4.29. The fraction of sp³-hybridized carbons (Fsp3) is 0.227. The van der Waals surface area contributed by atoms with Crippen molar-refractivity contribution in [3.8, 4) is 29.5 Å². The Hall–Kier alpha value is -3.03. The Morgan fingerprint density at radius 2 is 1.81 bits per heavy atom. The van der Waals surface area contributed by atoms with Crippen LogP contribution < -0.4 is 4.74 Å². The molecular weight excluding hydrogens is 324 g/mol. The number of methoxy groups -OCH3 is 1.